The number of carbonyl (C=O) groups excluding carboxylic acids is 1. The number of hydrogen-bond donors (Lipinski definition) is 3. The molecule has 78 valence electrons. The molecule has 2 aliphatic heterocycles. The first-order chi connectivity index (χ1) is 6.79. The first-order valence-corrected chi connectivity index (χ1v) is 5.30. The van der Waals surface area contributed by atoms with Gasteiger partial charge in [-0.2, -0.15) is 4.83 Å². The quantitative estimate of drug-likeness (QED) is 0.501. The number of nitrogens with zero attached hydrogens (tertiary/aromatic N) is 2. The lowest BCUT2D eigenvalue weighted by Gasteiger charge is -2.39. The van der Waals surface area contributed by atoms with Crippen molar-refractivity contribution in [1.29, 1.82) is 0 Å². The molecule has 0 saturated carbocycles. The summed E-state index contributed by atoms with van der Waals surface area (Å²) in [4.78, 5) is 15.9. The minimum absolute atomic E-state index is 0.0347. The van der Waals surface area contributed by atoms with Crippen LogP contribution in [0.1, 0.15) is 0 Å². The van der Waals surface area contributed by atoms with Gasteiger partial charge < -0.3 is 16.0 Å². The molecule has 2 aliphatic rings. The molecule has 0 aromatic rings. The summed E-state index contributed by atoms with van der Waals surface area (Å²) in [5.41, 5.74) is 5.30. The first kappa shape index (κ1) is 9.63. The highest BCUT2D eigenvalue weighted by molar-refractivity contribution is 8.00. The van der Waals surface area contributed by atoms with E-state index in [9.17, 15) is 4.79 Å². The van der Waals surface area contributed by atoms with Crippen LogP contribution < -0.4 is 15.9 Å². The van der Waals surface area contributed by atoms with Crippen LogP contribution in [0, 0.1) is 0 Å². The van der Waals surface area contributed by atoms with Crippen LogP contribution in [-0.4, -0.2) is 41.7 Å². The lowest BCUT2D eigenvalue weighted by molar-refractivity contribution is 0.0749. The van der Waals surface area contributed by atoms with Gasteiger partial charge in [-0.25, -0.2) is 4.79 Å². The summed E-state index contributed by atoms with van der Waals surface area (Å²) in [5.74, 6) is 0. The van der Waals surface area contributed by atoms with Gasteiger partial charge in [-0.15, -0.1) is 0 Å². The topological polar surface area (TPSA) is 73.6 Å². The Morgan fingerprint density at radius 2 is 2.50 bits per heavy atom. The smallest absolute Gasteiger partial charge is 0.316 e. The molecule has 0 aromatic heterocycles. The predicted octanol–water partition coefficient (Wildman–Crippen LogP) is -0.764. The van der Waals surface area contributed by atoms with E-state index in [1.165, 1.54) is 11.9 Å². The number of piperazine rings is 1. The van der Waals surface area contributed by atoms with Crippen molar-refractivity contribution in [3.63, 3.8) is 0 Å². The van der Waals surface area contributed by atoms with Gasteiger partial charge >= 0.3 is 6.03 Å². The van der Waals surface area contributed by atoms with Gasteiger partial charge in [0.05, 0.1) is 0 Å². The average Bonchev–Trinajstić information content (AvgIpc) is 2.70. The Morgan fingerprint density at radius 1 is 1.64 bits per heavy atom. The van der Waals surface area contributed by atoms with Crippen LogP contribution >= 0.6 is 11.9 Å². The number of nitrogens with one attached hydrogen (secondary N) is 2. The summed E-state index contributed by atoms with van der Waals surface area (Å²) in [6, 6.07) is -0.372. The summed E-state index contributed by atoms with van der Waals surface area (Å²) in [5, 5.41) is 7.02. The minimum atomic E-state index is -0.372. The Hall–Kier alpha value is -0.920. The van der Waals surface area contributed by atoms with Crippen molar-refractivity contribution in [2.24, 2.45) is 5.73 Å². The maximum absolute atomic E-state index is 11.2. The molecule has 6 nitrogen and oxygen atoms in total. The van der Waals surface area contributed by atoms with Crippen molar-refractivity contribution in [1.82, 2.24) is 20.1 Å². The molecule has 4 N–H and O–H groups in total. The van der Waals surface area contributed by atoms with Gasteiger partial charge in [0.15, 0.2) is 0 Å². The van der Waals surface area contributed by atoms with E-state index in [0.29, 0.717) is 6.54 Å². The molecule has 2 amide bonds. The molecule has 1 fully saturated rings. The number of primary amides is 1. The Kier molecular flexibility index (Phi) is 2.80. The second-order valence-corrected chi connectivity index (χ2v) is 3.81. The fourth-order valence-corrected chi connectivity index (χ4v) is 2.13. The molecule has 0 aliphatic carbocycles. The van der Waals surface area contributed by atoms with Crippen molar-refractivity contribution in [2.45, 2.75) is 6.17 Å². The zero-order valence-electron chi connectivity index (χ0n) is 7.64. The Labute approximate surface area is 86.6 Å². The third-order valence-electron chi connectivity index (χ3n) is 2.27. The standard InChI is InChI=1S/C7H13N5OS/c8-7(13)11-2-1-9-5-6(11)12-3-4-14-10-12/h3-4,6,9-10H,1-2,5H2,(H2,8,13). The lowest BCUT2D eigenvalue weighted by Crippen LogP contribution is -2.62. The molecule has 0 aromatic carbocycles. The molecule has 2 rings (SSSR count). The average molecular weight is 215 g/mol. The minimum Gasteiger partial charge on any atom is -0.351 e. The summed E-state index contributed by atoms with van der Waals surface area (Å²) in [7, 11) is 0. The number of hydrogen-bond acceptors (Lipinski definition) is 5. The van der Waals surface area contributed by atoms with E-state index in [-0.39, 0.29) is 12.2 Å². The number of rotatable bonds is 1. The molecule has 1 saturated heterocycles. The van der Waals surface area contributed by atoms with Crippen LogP contribution in [0.25, 0.3) is 0 Å². The molecule has 7 heteroatoms. The largest absolute Gasteiger partial charge is 0.351 e. The summed E-state index contributed by atoms with van der Waals surface area (Å²) in [6.07, 6.45) is 1.87. The summed E-state index contributed by atoms with van der Waals surface area (Å²) < 4.78 is 0. The zero-order chi connectivity index (χ0) is 9.97. The SMILES string of the molecule is NC(=O)N1CCNCC1N1C=CSN1. The van der Waals surface area contributed by atoms with Gasteiger partial charge in [0, 0.05) is 31.2 Å². The van der Waals surface area contributed by atoms with E-state index in [4.69, 9.17) is 5.73 Å². The van der Waals surface area contributed by atoms with Crippen LogP contribution in [-0.2, 0) is 0 Å². The van der Waals surface area contributed by atoms with Crippen molar-refractivity contribution in [3.8, 4) is 0 Å². The molecule has 2 heterocycles. The van der Waals surface area contributed by atoms with Gasteiger partial charge in [-0.1, -0.05) is 0 Å². The van der Waals surface area contributed by atoms with Gasteiger partial charge in [0.1, 0.15) is 6.17 Å². The van der Waals surface area contributed by atoms with E-state index in [1.54, 1.807) is 4.90 Å². The Morgan fingerprint density at radius 3 is 3.14 bits per heavy atom. The van der Waals surface area contributed by atoms with Crippen LogP contribution in [0.4, 0.5) is 4.79 Å². The van der Waals surface area contributed by atoms with E-state index in [0.717, 1.165) is 13.1 Å². The highest BCUT2D eigenvalue weighted by Gasteiger charge is 2.29. The van der Waals surface area contributed by atoms with Gasteiger partial charge in [0.25, 0.3) is 0 Å². The van der Waals surface area contributed by atoms with E-state index < -0.39 is 0 Å². The maximum Gasteiger partial charge on any atom is 0.316 e. The van der Waals surface area contributed by atoms with Gasteiger partial charge in [-0.3, -0.25) is 5.01 Å². The van der Waals surface area contributed by atoms with Crippen molar-refractivity contribution in [3.05, 3.63) is 11.6 Å². The van der Waals surface area contributed by atoms with Crippen LogP contribution in [0.3, 0.4) is 0 Å². The summed E-state index contributed by atoms with van der Waals surface area (Å²) in [6.45, 7) is 2.17. The highest BCUT2D eigenvalue weighted by Crippen LogP contribution is 2.15. The van der Waals surface area contributed by atoms with Crippen LogP contribution in [0.5, 0.6) is 0 Å². The second kappa shape index (κ2) is 4.07. The number of hydrazine groups is 1. The first-order valence-electron chi connectivity index (χ1n) is 4.42. The zero-order valence-corrected chi connectivity index (χ0v) is 8.46. The van der Waals surface area contributed by atoms with E-state index in [1.807, 2.05) is 16.6 Å². The van der Waals surface area contributed by atoms with Crippen molar-refractivity contribution in [2.75, 3.05) is 19.6 Å². The third-order valence-corrected chi connectivity index (χ3v) is 2.84. The van der Waals surface area contributed by atoms with Crippen molar-refractivity contribution >= 4 is 18.0 Å². The second-order valence-electron chi connectivity index (χ2n) is 3.12. The van der Waals surface area contributed by atoms with Crippen LogP contribution in [0.2, 0.25) is 0 Å². The molecule has 0 spiro atoms. The number of nitrogens with two attached hydrogens (primary N) is 1. The molecule has 0 radical (unpaired) electrons. The van der Waals surface area contributed by atoms with Crippen molar-refractivity contribution < 1.29 is 4.79 Å². The highest BCUT2D eigenvalue weighted by atomic mass is 32.2. The number of urea groups is 1. The Bertz CT molecular complexity index is 258. The molecular weight excluding hydrogens is 202 g/mol. The molecule has 1 unspecified atom stereocenters. The fourth-order valence-electron chi connectivity index (χ4n) is 1.57. The fraction of sp³-hybridized carbons (Fsp3) is 0.571. The normalized spacial score (nSPS) is 27.0. The summed E-state index contributed by atoms with van der Waals surface area (Å²) >= 11 is 1.48. The van der Waals surface area contributed by atoms with Crippen LogP contribution in [0.15, 0.2) is 11.6 Å². The lowest BCUT2D eigenvalue weighted by atomic mass is 10.3. The molecule has 14 heavy (non-hydrogen) atoms. The molecule has 1 atom stereocenters. The molecule has 0 bridgehead atoms. The predicted molar refractivity (Wildman–Crippen MR) is 54.7 cm³/mol. The maximum atomic E-state index is 11.2. The third kappa shape index (κ3) is 1.79. The van der Waals surface area contributed by atoms with E-state index >= 15 is 0 Å². The van der Waals surface area contributed by atoms with E-state index in [2.05, 4.69) is 10.1 Å². The Balaban J connectivity index is 2.05. The van der Waals surface area contributed by atoms with Gasteiger partial charge in [-0.05, 0) is 11.9 Å². The number of amides is 2. The molecular formula is C7H13N5OS. The monoisotopic (exact) mass is 215 g/mol. The number of carbonyl (C=O) groups is 1. The van der Waals surface area contributed by atoms with Gasteiger partial charge in [0.2, 0.25) is 0 Å².